The Morgan fingerprint density at radius 1 is 1.00 bits per heavy atom. The molecule has 154 valence electrons. The van der Waals surface area contributed by atoms with E-state index < -0.39 is 10.0 Å². The number of methoxy groups -OCH3 is 1. The zero-order valence-electron chi connectivity index (χ0n) is 16.6. The number of rotatable bonds is 5. The molecule has 0 amide bonds. The third-order valence-corrected chi connectivity index (χ3v) is 7.69. The van der Waals surface area contributed by atoms with Crippen molar-refractivity contribution in [2.45, 2.75) is 30.7 Å². The van der Waals surface area contributed by atoms with Crippen molar-refractivity contribution in [1.29, 1.82) is 0 Å². The molecule has 7 heteroatoms. The molecule has 29 heavy (non-hydrogen) atoms. The van der Waals surface area contributed by atoms with Crippen LogP contribution in [0.5, 0.6) is 0 Å². The minimum atomic E-state index is -3.46. The van der Waals surface area contributed by atoms with E-state index in [0.29, 0.717) is 43.2 Å². The number of hydrogen-bond donors (Lipinski definition) is 0. The van der Waals surface area contributed by atoms with Crippen molar-refractivity contribution in [2.75, 3.05) is 33.3 Å². The van der Waals surface area contributed by atoms with Crippen LogP contribution in [-0.2, 0) is 34.1 Å². The van der Waals surface area contributed by atoms with Gasteiger partial charge in [-0.05, 0) is 60.2 Å². The van der Waals surface area contributed by atoms with Gasteiger partial charge in [-0.15, -0.1) is 0 Å². The molecule has 0 radical (unpaired) electrons. The summed E-state index contributed by atoms with van der Waals surface area (Å²) >= 11 is 0. The standard InChI is InChI=1S/C22H26N2O4S/c1-28-22(25)20-7-2-4-17(14-20)16-23-10-12-24(13-11-23)29(26,27)21-9-8-18-5-3-6-19(18)15-21/h2,4,7-9,14-15H,3,5-6,10-13,16H2,1H3. The quantitative estimate of drug-likeness (QED) is 0.703. The zero-order valence-corrected chi connectivity index (χ0v) is 17.5. The first-order chi connectivity index (χ1) is 14.0. The van der Waals surface area contributed by atoms with Gasteiger partial charge in [0.05, 0.1) is 17.6 Å². The number of aryl methyl sites for hydroxylation is 2. The number of piperazine rings is 1. The Morgan fingerprint density at radius 2 is 1.76 bits per heavy atom. The first-order valence-corrected chi connectivity index (χ1v) is 11.4. The van der Waals surface area contributed by atoms with Crippen LogP contribution in [0.15, 0.2) is 47.4 Å². The van der Waals surface area contributed by atoms with E-state index in [1.54, 1.807) is 16.4 Å². The Hall–Kier alpha value is -2.22. The van der Waals surface area contributed by atoms with Crippen molar-refractivity contribution in [1.82, 2.24) is 9.21 Å². The highest BCUT2D eigenvalue weighted by molar-refractivity contribution is 7.89. The van der Waals surface area contributed by atoms with Gasteiger partial charge in [-0.2, -0.15) is 4.31 Å². The second-order valence-corrected chi connectivity index (χ2v) is 9.59. The van der Waals surface area contributed by atoms with Crippen LogP contribution in [0.25, 0.3) is 0 Å². The first-order valence-electron chi connectivity index (χ1n) is 9.99. The van der Waals surface area contributed by atoms with E-state index in [9.17, 15) is 13.2 Å². The predicted octanol–water partition coefficient (Wildman–Crippen LogP) is 2.47. The van der Waals surface area contributed by atoms with Gasteiger partial charge in [-0.25, -0.2) is 13.2 Å². The second kappa shape index (κ2) is 8.26. The van der Waals surface area contributed by atoms with Crippen LogP contribution in [0.2, 0.25) is 0 Å². The van der Waals surface area contributed by atoms with Crippen LogP contribution in [0.1, 0.15) is 33.5 Å². The van der Waals surface area contributed by atoms with E-state index in [-0.39, 0.29) is 5.97 Å². The van der Waals surface area contributed by atoms with Crippen molar-refractivity contribution in [3.8, 4) is 0 Å². The molecule has 1 heterocycles. The van der Waals surface area contributed by atoms with Crippen LogP contribution in [0.4, 0.5) is 0 Å². The molecule has 1 saturated heterocycles. The molecule has 0 atom stereocenters. The summed E-state index contributed by atoms with van der Waals surface area (Å²) in [5, 5.41) is 0. The maximum Gasteiger partial charge on any atom is 0.337 e. The number of sulfonamides is 1. The maximum absolute atomic E-state index is 13.1. The summed E-state index contributed by atoms with van der Waals surface area (Å²) in [5.74, 6) is -0.350. The molecule has 0 unspecified atom stereocenters. The Balaban J connectivity index is 1.40. The van der Waals surface area contributed by atoms with Gasteiger partial charge in [0, 0.05) is 32.7 Å². The van der Waals surface area contributed by atoms with Gasteiger partial charge < -0.3 is 4.74 Å². The summed E-state index contributed by atoms with van der Waals surface area (Å²) in [6.45, 7) is 2.93. The SMILES string of the molecule is COC(=O)c1cccc(CN2CCN(S(=O)(=O)c3ccc4c(c3)CCC4)CC2)c1. The highest BCUT2D eigenvalue weighted by Gasteiger charge is 2.29. The maximum atomic E-state index is 13.1. The van der Waals surface area contributed by atoms with Crippen LogP contribution in [-0.4, -0.2) is 56.9 Å². The van der Waals surface area contributed by atoms with Gasteiger partial charge in [-0.3, -0.25) is 4.90 Å². The lowest BCUT2D eigenvalue weighted by molar-refractivity contribution is 0.0600. The molecule has 6 nitrogen and oxygen atoms in total. The minimum Gasteiger partial charge on any atom is -0.465 e. The molecule has 2 aromatic rings. The van der Waals surface area contributed by atoms with Crippen molar-refractivity contribution >= 4 is 16.0 Å². The van der Waals surface area contributed by atoms with Crippen LogP contribution in [0.3, 0.4) is 0 Å². The van der Waals surface area contributed by atoms with E-state index in [4.69, 9.17) is 4.74 Å². The average molecular weight is 415 g/mol. The molecule has 0 saturated carbocycles. The lowest BCUT2D eigenvalue weighted by Gasteiger charge is -2.34. The third-order valence-electron chi connectivity index (χ3n) is 5.79. The van der Waals surface area contributed by atoms with E-state index in [1.807, 2.05) is 30.3 Å². The van der Waals surface area contributed by atoms with Crippen molar-refractivity contribution in [2.24, 2.45) is 0 Å². The van der Waals surface area contributed by atoms with E-state index in [2.05, 4.69) is 4.90 Å². The number of benzene rings is 2. The number of carbonyl (C=O) groups excluding carboxylic acids is 1. The van der Waals surface area contributed by atoms with Gasteiger partial charge >= 0.3 is 5.97 Å². The molecular weight excluding hydrogens is 388 g/mol. The molecule has 2 aliphatic rings. The fourth-order valence-corrected chi connectivity index (χ4v) is 5.63. The second-order valence-electron chi connectivity index (χ2n) is 7.66. The molecule has 0 spiro atoms. The van der Waals surface area contributed by atoms with Crippen molar-refractivity contribution < 1.29 is 17.9 Å². The predicted molar refractivity (Wildman–Crippen MR) is 110 cm³/mol. The average Bonchev–Trinajstić information content (AvgIpc) is 3.22. The molecule has 0 aromatic heterocycles. The number of esters is 1. The van der Waals surface area contributed by atoms with Gasteiger partial charge in [0.25, 0.3) is 0 Å². The smallest absolute Gasteiger partial charge is 0.337 e. The van der Waals surface area contributed by atoms with Gasteiger partial charge in [-0.1, -0.05) is 18.2 Å². The minimum absolute atomic E-state index is 0.350. The molecule has 1 fully saturated rings. The van der Waals surface area contributed by atoms with E-state index in [1.165, 1.54) is 18.2 Å². The number of hydrogen-bond acceptors (Lipinski definition) is 5. The monoisotopic (exact) mass is 414 g/mol. The molecule has 1 aliphatic heterocycles. The summed E-state index contributed by atoms with van der Waals surface area (Å²) < 4.78 is 32.5. The summed E-state index contributed by atoms with van der Waals surface area (Å²) in [6.07, 6.45) is 3.12. The number of carbonyl (C=O) groups is 1. The normalized spacial score (nSPS) is 17.8. The van der Waals surface area contributed by atoms with Crippen LogP contribution < -0.4 is 0 Å². The molecule has 0 bridgehead atoms. The summed E-state index contributed by atoms with van der Waals surface area (Å²) in [4.78, 5) is 14.3. The summed E-state index contributed by atoms with van der Waals surface area (Å²) in [6, 6.07) is 13.0. The Morgan fingerprint density at radius 3 is 2.52 bits per heavy atom. The Labute approximate surface area is 172 Å². The third kappa shape index (κ3) is 4.22. The van der Waals surface area contributed by atoms with Crippen LogP contribution >= 0.6 is 0 Å². The number of nitrogens with zero attached hydrogens (tertiary/aromatic N) is 2. The molecule has 4 rings (SSSR count). The molecule has 0 N–H and O–H groups in total. The fraction of sp³-hybridized carbons (Fsp3) is 0.409. The summed E-state index contributed by atoms with van der Waals surface area (Å²) in [7, 11) is -2.09. The van der Waals surface area contributed by atoms with E-state index >= 15 is 0 Å². The molecular formula is C22H26N2O4S. The van der Waals surface area contributed by atoms with E-state index in [0.717, 1.165) is 24.8 Å². The highest BCUT2D eigenvalue weighted by Crippen LogP contribution is 2.27. The first kappa shape index (κ1) is 20.1. The summed E-state index contributed by atoms with van der Waals surface area (Å²) in [5.41, 5.74) is 4.00. The lowest BCUT2D eigenvalue weighted by Crippen LogP contribution is -2.48. The highest BCUT2D eigenvalue weighted by atomic mass is 32.2. The Kier molecular flexibility index (Phi) is 5.72. The zero-order chi connectivity index (χ0) is 20.4. The Bertz CT molecular complexity index is 1010. The largest absolute Gasteiger partial charge is 0.465 e. The topological polar surface area (TPSA) is 66.9 Å². The fourth-order valence-electron chi connectivity index (χ4n) is 4.16. The van der Waals surface area contributed by atoms with Gasteiger partial charge in [0.2, 0.25) is 10.0 Å². The van der Waals surface area contributed by atoms with Gasteiger partial charge in [0.15, 0.2) is 0 Å². The number of ether oxygens (including phenoxy) is 1. The molecule has 1 aliphatic carbocycles. The van der Waals surface area contributed by atoms with Crippen LogP contribution in [0, 0.1) is 0 Å². The number of fused-ring (bicyclic) bond motifs is 1. The van der Waals surface area contributed by atoms with Crippen molar-refractivity contribution in [3.05, 3.63) is 64.7 Å². The van der Waals surface area contributed by atoms with Gasteiger partial charge in [0.1, 0.15) is 0 Å². The lowest BCUT2D eigenvalue weighted by atomic mass is 10.1. The molecule has 2 aromatic carbocycles. The van der Waals surface area contributed by atoms with Crippen molar-refractivity contribution in [3.63, 3.8) is 0 Å².